The summed E-state index contributed by atoms with van der Waals surface area (Å²) in [5, 5.41) is 5.42. The average molecular weight is 292 g/mol. The van der Waals surface area contributed by atoms with Crippen molar-refractivity contribution in [2.24, 2.45) is 5.41 Å². The quantitative estimate of drug-likeness (QED) is 0.936. The van der Waals surface area contributed by atoms with Gasteiger partial charge in [0.1, 0.15) is 12.1 Å². The summed E-state index contributed by atoms with van der Waals surface area (Å²) in [6.07, 6.45) is 1.49. The molecule has 0 aromatic carbocycles. The van der Waals surface area contributed by atoms with Gasteiger partial charge in [-0.25, -0.2) is 14.6 Å². The third-order valence-corrected chi connectivity index (χ3v) is 3.06. The van der Waals surface area contributed by atoms with Crippen LogP contribution in [0.4, 0.5) is 5.82 Å². The van der Waals surface area contributed by atoms with Crippen molar-refractivity contribution in [3.8, 4) is 0 Å². The molecular weight excluding hydrogens is 264 g/mol. The second-order valence-electron chi connectivity index (χ2n) is 6.10. The Morgan fingerprint density at radius 1 is 1.24 bits per heavy atom. The summed E-state index contributed by atoms with van der Waals surface area (Å²) < 4.78 is 1.94. The first-order chi connectivity index (χ1) is 9.80. The van der Waals surface area contributed by atoms with Gasteiger partial charge in [-0.3, -0.25) is 0 Å². The standard InChI is InChI=1S/C13H22N6.C2H6/c1-9-10-11(14)15-8-16-12(10)19(17-9)7-13(2,3)6-18(4)5;1-2/h8H,6-7H2,1-5H3,(H2,14,15,16);1-2H3. The van der Waals surface area contributed by atoms with Gasteiger partial charge in [-0.05, 0) is 26.4 Å². The summed E-state index contributed by atoms with van der Waals surface area (Å²) in [6, 6.07) is 0. The minimum Gasteiger partial charge on any atom is -0.383 e. The average Bonchev–Trinajstić information content (AvgIpc) is 2.67. The van der Waals surface area contributed by atoms with E-state index in [0.29, 0.717) is 5.82 Å². The maximum Gasteiger partial charge on any atom is 0.163 e. The van der Waals surface area contributed by atoms with Crippen LogP contribution in [0.2, 0.25) is 0 Å². The lowest BCUT2D eigenvalue weighted by molar-refractivity contribution is 0.206. The van der Waals surface area contributed by atoms with Gasteiger partial charge in [0.05, 0.1) is 11.1 Å². The molecule has 0 aliphatic carbocycles. The summed E-state index contributed by atoms with van der Waals surface area (Å²) in [5.41, 5.74) is 7.71. The number of hydrogen-bond acceptors (Lipinski definition) is 5. The molecule has 0 aliphatic heterocycles. The van der Waals surface area contributed by atoms with Crippen LogP contribution in [0.25, 0.3) is 11.0 Å². The van der Waals surface area contributed by atoms with E-state index in [1.165, 1.54) is 6.33 Å². The molecule has 2 N–H and O–H groups in total. The molecule has 0 amide bonds. The SMILES string of the molecule is CC.Cc1nn(CC(C)(C)CN(C)C)c2ncnc(N)c12. The van der Waals surface area contributed by atoms with E-state index in [9.17, 15) is 0 Å². The topological polar surface area (TPSA) is 72.9 Å². The fraction of sp³-hybridized carbons (Fsp3) is 0.667. The Kier molecular flexibility index (Phi) is 5.66. The highest BCUT2D eigenvalue weighted by atomic mass is 15.3. The van der Waals surface area contributed by atoms with Gasteiger partial charge in [0.2, 0.25) is 0 Å². The van der Waals surface area contributed by atoms with Crippen molar-refractivity contribution in [1.82, 2.24) is 24.6 Å². The fourth-order valence-corrected chi connectivity index (χ4v) is 2.63. The van der Waals surface area contributed by atoms with Gasteiger partial charge in [-0.15, -0.1) is 0 Å². The third-order valence-electron chi connectivity index (χ3n) is 3.06. The van der Waals surface area contributed by atoms with Crippen LogP contribution in [-0.2, 0) is 6.54 Å². The Balaban J connectivity index is 0.00000106. The van der Waals surface area contributed by atoms with E-state index in [1.54, 1.807) is 0 Å². The summed E-state index contributed by atoms with van der Waals surface area (Å²) in [6.45, 7) is 12.2. The van der Waals surface area contributed by atoms with Gasteiger partial charge in [0, 0.05) is 13.1 Å². The molecule has 2 heterocycles. The lowest BCUT2D eigenvalue weighted by atomic mass is 9.93. The lowest BCUT2D eigenvalue weighted by Gasteiger charge is -2.28. The van der Waals surface area contributed by atoms with E-state index in [1.807, 2.05) is 25.5 Å². The molecule has 6 heteroatoms. The molecule has 0 saturated carbocycles. The predicted molar refractivity (Wildman–Crippen MR) is 88.2 cm³/mol. The van der Waals surface area contributed by atoms with E-state index >= 15 is 0 Å². The van der Waals surface area contributed by atoms with Gasteiger partial charge in [-0.1, -0.05) is 27.7 Å². The van der Waals surface area contributed by atoms with Crippen LogP contribution in [0.1, 0.15) is 33.4 Å². The summed E-state index contributed by atoms with van der Waals surface area (Å²) >= 11 is 0. The van der Waals surface area contributed by atoms with Gasteiger partial charge < -0.3 is 10.6 Å². The zero-order chi connectivity index (χ0) is 16.2. The molecule has 0 unspecified atom stereocenters. The van der Waals surface area contributed by atoms with E-state index in [2.05, 4.69) is 47.9 Å². The number of hydrogen-bond donors (Lipinski definition) is 1. The minimum absolute atomic E-state index is 0.106. The van der Waals surface area contributed by atoms with Crippen molar-refractivity contribution in [3.63, 3.8) is 0 Å². The highest BCUT2D eigenvalue weighted by Gasteiger charge is 2.22. The van der Waals surface area contributed by atoms with Crippen molar-refractivity contribution in [2.45, 2.75) is 41.2 Å². The zero-order valence-electron chi connectivity index (χ0n) is 14.3. The van der Waals surface area contributed by atoms with E-state index in [4.69, 9.17) is 5.73 Å². The van der Waals surface area contributed by atoms with Crippen molar-refractivity contribution in [1.29, 1.82) is 0 Å². The van der Waals surface area contributed by atoms with Crippen molar-refractivity contribution < 1.29 is 0 Å². The van der Waals surface area contributed by atoms with Crippen LogP contribution in [-0.4, -0.2) is 45.3 Å². The third kappa shape index (κ3) is 4.14. The monoisotopic (exact) mass is 292 g/mol. The first-order valence-corrected chi connectivity index (χ1v) is 7.38. The second kappa shape index (κ2) is 6.85. The van der Waals surface area contributed by atoms with E-state index < -0.39 is 0 Å². The minimum atomic E-state index is 0.106. The van der Waals surface area contributed by atoms with Gasteiger partial charge in [0.25, 0.3) is 0 Å². The van der Waals surface area contributed by atoms with E-state index in [0.717, 1.165) is 29.8 Å². The molecule has 21 heavy (non-hydrogen) atoms. The molecule has 6 nitrogen and oxygen atoms in total. The van der Waals surface area contributed by atoms with Gasteiger partial charge in [0.15, 0.2) is 5.65 Å². The molecule has 0 bridgehead atoms. The number of nitrogens with zero attached hydrogens (tertiary/aromatic N) is 5. The number of fused-ring (bicyclic) bond motifs is 1. The molecule has 0 spiro atoms. The highest BCUT2D eigenvalue weighted by molar-refractivity contribution is 5.87. The number of rotatable bonds is 4. The summed E-state index contributed by atoms with van der Waals surface area (Å²) in [5.74, 6) is 0.499. The van der Waals surface area contributed by atoms with Crippen LogP contribution >= 0.6 is 0 Å². The number of anilines is 1. The molecule has 0 aliphatic rings. The normalized spacial score (nSPS) is 11.6. The van der Waals surface area contributed by atoms with Crippen LogP contribution in [0.15, 0.2) is 6.33 Å². The zero-order valence-corrected chi connectivity index (χ0v) is 14.3. The van der Waals surface area contributed by atoms with Crippen LogP contribution in [0.5, 0.6) is 0 Å². The Hall–Kier alpha value is -1.69. The van der Waals surface area contributed by atoms with Crippen molar-refractivity contribution in [2.75, 3.05) is 26.4 Å². The molecule has 0 saturated heterocycles. The molecular formula is C15H28N6. The van der Waals surface area contributed by atoms with Crippen LogP contribution < -0.4 is 5.73 Å². The molecule has 0 atom stereocenters. The molecule has 0 radical (unpaired) electrons. The predicted octanol–water partition coefficient (Wildman–Crippen LogP) is 2.33. The molecule has 0 fully saturated rings. The summed E-state index contributed by atoms with van der Waals surface area (Å²) in [4.78, 5) is 10.5. The first kappa shape index (κ1) is 17.4. The fourth-order valence-electron chi connectivity index (χ4n) is 2.63. The Morgan fingerprint density at radius 3 is 2.43 bits per heavy atom. The number of aryl methyl sites for hydroxylation is 1. The largest absolute Gasteiger partial charge is 0.383 e. The number of nitrogen functional groups attached to an aromatic ring is 1. The van der Waals surface area contributed by atoms with Crippen LogP contribution in [0.3, 0.4) is 0 Å². The first-order valence-electron chi connectivity index (χ1n) is 7.38. The Bertz CT molecular complexity index is 585. The highest BCUT2D eigenvalue weighted by Crippen LogP contribution is 2.25. The van der Waals surface area contributed by atoms with Gasteiger partial charge in [-0.2, -0.15) is 5.10 Å². The lowest BCUT2D eigenvalue weighted by Crippen LogP contribution is -2.32. The number of nitrogens with two attached hydrogens (primary N) is 1. The van der Waals surface area contributed by atoms with E-state index in [-0.39, 0.29) is 5.41 Å². The molecule has 118 valence electrons. The number of aromatic nitrogens is 4. The molecule has 2 aromatic heterocycles. The summed E-state index contributed by atoms with van der Waals surface area (Å²) in [7, 11) is 4.16. The smallest absolute Gasteiger partial charge is 0.163 e. The Labute approximate surface area is 127 Å². The molecule has 2 aromatic rings. The van der Waals surface area contributed by atoms with Crippen LogP contribution in [0, 0.1) is 12.3 Å². The Morgan fingerprint density at radius 2 is 1.86 bits per heavy atom. The second-order valence-corrected chi connectivity index (χ2v) is 6.10. The van der Waals surface area contributed by atoms with Crippen molar-refractivity contribution in [3.05, 3.63) is 12.0 Å². The molecule has 2 rings (SSSR count). The van der Waals surface area contributed by atoms with Gasteiger partial charge >= 0.3 is 0 Å². The van der Waals surface area contributed by atoms with Crippen molar-refractivity contribution >= 4 is 16.9 Å². The maximum atomic E-state index is 5.90. The maximum absolute atomic E-state index is 5.90.